The van der Waals surface area contributed by atoms with Crippen molar-refractivity contribution in [2.45, 2.75) is 26.9 Å². The van der Waals surface area contributed by atoms with Crippen LogP contribution in [0.5, 0.6) is 0 Å². The van der Waals surface area contributed by atoms with Crippen molar-refractivity contribution in [1.82, 2.24) is 0 Å². The zero-order valence-corrected chi connectivity index (χ0v) is 6.83. The van der Waals surface area contributed by atoms with E-state index in [4.69, 9.17) is 0 Å². The minimum absolute atomic E-state index is 0.161. The molecule has 2 nitrogen and oxygen atoms in total. The molecule has 0 fully saturated rings. The molecule has 1 heterocycles. The molecular formula is C8H15NO. The van der Waals surface area contributed by atoms with Gasteiger partial charge < -0.3 is 5.11 Å². The molecule has 10 heavy (non-hydrogen) atoms. The Bertz CT molecular complexity index is 151. The quantitative estimate of drug-likeness (QED) is 0.538. The van der Waals surface area contributed by atoms with E-state index in [2.05, 4.69) is 25.8 Å². The normalized spacial score (nSPS) is 38.0. The lowest BCUT2D eigenvalue weighted by atomic mass is 9.75. The summed E-state index contributed by atoms with van der Waals surface area (Å²) in [4.78, 5) is 4.09. The summed E-state index contributed by atoms with van der Waals surface area (Å²) in [6.07, 6.45) is 1.30. The number of hydrogen-bond donors (Lipinski definition) is 1. The maximum atomic E-state index is 9.36. The monoisotopic (exact) mass is 141 g/mol. The number of aliphatic imine (C=N–C) groups is 1. The Kier molecular flexibility index (Phi) is 1.82. The van der Waals surface area contributed by atoms with E-state index < -0.39 is 0 Å². The molecule has 0 aromatic heterocycles. The summed E-state index contributed by atoms with van der Waals surface area (Å²) in [5, 5.41) is 9.36. The second-order valence-electron chi connectivity index (χ2n) is 3.76. The van der Waals surface area contributed by atoms with Gasteiger partial charge in [-0.3, -0.25) is 4.99 Å². The lowest BCUT2D eigenvalue weighted by Crippen LogP contribution is -2.38. The van der Waals surface area contributed by atoms with Crippen LogP contribution in [0, 0.1) is 11.3 Å². The maximum Gasteiger partial charge on any atom is 0.0918 e. The zero-order valence-electron chi connectivity index (χ0n) is 6.83. The van der Waals surface area contributed by atoms with Crippen LogP contribution in [0.3, 0.4) is 0 Å². The van der Waals surface area contributed by atoms with Gasteiger partial charge >= 0.3 is 0 Å². The first kappa shape index (κ1) is 7.73. The Morgan fingerprint density at radius 1 is 1.60 bits per heavy atom. The van der Waals surface area contributed by atoms with Crippen molar-refractivity contribution in [1.29, 1.82) is 0 Å². The number of rotatable bonds is 0. The van der Waals surface area contributed by atoms with Crippen LogP contribution in [0.4, 0.5) is 0 Å². The number of aliphatic hydroxyl groups is 1. The summed E-state index contributed by atoms with van der Waals surface area (Å²) in [6, 6.07) is 0. The van der Waals surface area contributed by atoms with Gasteiger partial charge in [0, 0.05) is 12.8 Å². The van der Waals surface area contributed by atoms with Gasteiger partial charge in [-0.15, -0.1) is 0 Å². The molecule has 2 heteroatoms. The molecule has 1 aliphatic heterocycles. The van der Waals surface area contributed by atoms with Gasteiger partial charge in [0.1, 0.15) is 0 Å². The molecule has 1 rings (SSSR count). The van der Waals surface area contributed by atoms with E-state index in [1.165, 1.54) is 0 Å². The molecule has 0 aliphatic carbocycles. The van der Waals surface area contributed by atoms with E-state index in [-0.39, 0.29) is 11.5 Å². The highest BCUT2D eigenvalue weighted by atomic mass is 16.3. The Morgan fingerprint density at radius 3 is 2.60 bits per heavy atom. The highest BCUT2D eigenvalue weighted by Crippen LogP contribution is 2.31. The molecular weight excluding hydrogens is 126 g/mol. The third-order valence-corrected chi connectivity index (χ3v) is 2.50. The maximum absolute atomic E-state index is 9.36. The Balaban J connectivity index is 2.75. The summed E-state index contributed by atoms with van der Waals surface area (Å²) in [6.45, 7) is 7.18. The fourth-order valence-electron chi connectivity index (χ4n) is 1.13. The zero-order chi connectivity index (χ0) is 7.78. The fraction of sp³-hybridized carbons (Fsp3) is 0.875. The number of hydrogen-bond acceptors (Lipinski definition) is 2. The van der Waals surface area contributed by atoms with E-state index in [0.717, 1.165) is 6.54 Å². The molecule has 58 valence electrons. The Labute approximate surface area is 62.0 Å². The average Bonchev–Trinajstić information content (AvgIpc) is 1.83. The van der Waals surface area contributed by atoms with Crippen molar-refractivity contribution in [2.75, 3.05) is 6.54 Å². The van der Waals surface area contributed by atoms with Gasteiger partial charge in [-0.05, 0) is 11.3 Å². The van der Waals surface area contributed by atoms with Crippen molar-refractivity contribution in [3.8, 4) is 0 Å². The third kappa shape index (κ3) is 1.21. The lowest BCUT2D eigenvalue weighted by Gasteiger charge is -2.35. The molecule has 0 bridgehead atoms. The van der Waals surface area contributed by atoms with Crippen LogP contribution in [-0.4, -0.2) is 24.0 Å². The van der Waals surface area contributed by atoms with E-state index in [9.17, 15) is 5.11 Å². The minimum atomic E-state index is -0.344. The molecule has 0 aromatic rings. The van der Waals surface area contributed by atoms with Crippen LogP contribution >= 0.6 is 0 Å². The molecule has 2 atom stereocenters. The summed E-state index contributed by atoms with van der Waals surface area (Å²) in [5.41, 5.74) is 0.161. The van der Waals surface area contributed by atoms with E-state index in [1.807, 2.05) is 0 Å². The minimum Gasteiger partial charge on any atom is -0.387 e. The fourth-order valence-corrected chi connectivity index (χ4v) is 1.13. The van der Waals surface area contributed by atoms with Gasteiger partial charge in [0.05, 0.1) is 6.10 Å². The first-order chi connectivity index (χ1) is 4.54. The van der Waals surface area contributed by atoms with Gasteiger partial charge in [0.2, 0.25) is 0 Å². The first-order valence-electron chi connectivity index (χ1n) is 3.72. The van der Waals surface area contributed by atoms with Crippen LogP contribution in [0.25, 0.3) is 0 Å². The van der Waals surface area contributed by atoms with Crippen LogP contribution in [-0.2, 0) is 0 Å². The highest BCUT2D eigenvalue weighted by Gasteiger charge is 2.32. The van der Waals surface area contributed by atoms with Crippen molar-refractivity contribution in [2.24, 2.45) is 16.3 Å². The molecule has 1 aliphatic rings. The van der Waals surface area contributed by atoms with Crippen molar-refractivity contribution in [3.63, 3.8) is 0 Å². The summed E-state index contributed by atoms with van der Waals surface area (Å²) < 4.78 is 0. The molecule has 1 N–H and O–H groups in total. The molecule has 0 saturated carbocycles. The van der Waals surface area contributed by atoms with Crippen LogP contribution < -0.4 is 0 Å². The summed E-state index contributed by atoms with van der Waals surface area (Å²) >= 11 is 0. The van der Waals surface area contributed by atoms with E-state index in [1.54, 1.807) is 6.21 Å². The molecule has 1 unspecified atom stereocenters. The first-order valence-corrected chi connectivity index (χ1v) is 3.72. The van der Waals surface area contributed by atoms with Gasteiger partial charge in [-0.1, -0.05) is 20.8 Å². The van der Waals surface area contributed by atoms with Crippen molar-refractivity contribution < 1.29 is 5.11 Å². The van der Waals surface area contributed by atoms with Crippen LogP contribution in [0.15, 0.2) is 4.99 Å². The van der Waals surface area contributed by atoms with Crippen LogP contribution in [0.1, 0.15) is 20.8 Å². The Morgan fingerprint density at radius 2 is 2.20 bits per heavy atom. The van der Waals surface area contributed by atoms with E-state index in [0.29, 0.717) is 5.92 Å². The molecule has 0 spiro atoms. The van der Waals surface area contributed by atoms with Gasteiger partial charge in [-0.25, -0.2) is 0 Å². The summed E-state index contributed by atoms with van der Waals surface area (Å²) in [5.74, 6) is 0.324. The van der Waals surface area contributed by atoms with Gasteiger partial charge in [0.25, 0.3) is 0 Å². The van der Waals surface area contributed by atoms with Crippen molar-refractivity contribution >= 4 is 6.21 Å². The molecule has 0 aromatic carbocycles. The van der Waals surface area contributed by atoms with Gasteiger partial charge in [-0.2, -0.15) is 0 Å². The number of nitrogens with zero attached hydrogens (tertiary/aromatic N) is 1. The highest BCUT2D eigenvalue weighted by molar-refractivity contribution is 5.64. The average molecular weight is 141 g/mol. The van der Waals surface area contributed by atoms with Crippen molar-refractivity contribution in [3.05, 3.63) is 0 Å². The predicted octanol–water partition coefficient (Wildman–Crippen LogP) is 1.09. The standard InChI is InChI=1S/C8H15NO/c1-6-7(10)4-9-5-8(6,2)3/h4,6-7,10H,5H2,1-3H3/t6-,7?/m0/s1. The van der Waals surface area contributed by atoms with Crippen LogP contribution in [0.2, 0.25) is 0 Å². The topological polar surface area (TPSA) is 32.6 Å². The molecule has 0 saturated heterocycles. The predicted molar refractivity (Wildman–Crippen MR) is 42.3 cm³/mol. The van der Waals surface area contributed by atoms with E-state index >= 15 is 0 Å². The second-order valence-corrected chi connectivity index (χ2v) is 3.76. The molecule has 0 amide bonds. The largest absolute Gasteiger partial charge is 0.387 e. The smallest absolute Gasteiger partial charge is 0.0918 e. The third-order valence-electron chi connectivity index (χ3n) is 2.50. The SMILES string of the molecule is C[C@H]1C(O)C=NCC1(C)C. The van der Waals surface area contributed by atoms with Gasteiger partial charge in [0.15, 0.2) is 0 Å². The summed E-state index contributed by atoms with van der Waals surface area (Å²) in [7, 11) is 0. The Hall–Kier alpha value is -0.370. The number of aliphatic hydroxyl groups excluding tert-OH is 1. The molecule has 0 radical (unpaired) electrons. The second kappa shape index (κ2) is 2.35. The lowest BCUT2D eigenvalue weighted by molar-refractivity contribution is 0.0903.